The standard InChI is InChI=1S/C21H23N5O2/c1-13-21(28)24(2)17-8-10-18(23-20(17)25(13)14-6-7-14)26-16(9-11-19(26)27)15-5-3-4-12-22-15/h3-5,8,10,12-14,16H,6-7,9,11H2,1-2H3. The van der Waals surface area contributed by atoms with Crippen LogP contribution in [-0.2, 0) is 9.59 Å². The van der Waals surface area contributed by atoms with Crippen LogP contribution >= 0.6 is 0 Å². The summed E-state index contributed by atoms with van der Waals surface area (Å²) in [7, 11) is 1.79. The van der Waals surface area contributed by atoms with Crippen molar-refractivity contribution in [3.05, 3.63) is 42.2 Å². The van der Waals surface area contributed by atoms with Crippen molar-refractivity contribution in [2.24, 2.45) is 0 Å². The summed E-state index contributed by atoms with van der Waals surface area (Å²) in [5, 5.41) is 0. The van der Waals surface area contributed by atoms with E-state index in [1.807, 2.05) is 37.3 Å². The lowest BCUT2D eigenvalue weighted by molar-refractivity contribution is -0.119. The molecule has 2 aliphatic heterocycles. The molecule has 2 atom stereocenters. The molecule has 2 unspecified atom stereocenters. The van der Waals surface area contributed by atoms with Crippen molar-refractivity contribution in [1.29, 1.82) is 0 Å². The van der Waals surface area contributed by atoms with Crippen LogP contribution in [-0.4, -0.2) is 40.9 Å². The molecule has 0 radical (unpaired) electrons. The van der Waals surface area contributed by atoms with E-state index in [1.54, 1.807) is 23.0 Å². The SMILES string of the molecule is CC1C(=O)N(C)c2ccc(N3C(=O)CCC3c3ccccn3)nc2N1C1CC1. The molecule has 28 heavy (non-hydrogen) atoms. The molecule has 5 rings (SSSR count). The summed E-state index contributed by atoms with van der Waals surface area (Å²) in [5.74, 6) is 1.58. The lowest BCUT2D eigenvalue weighted by Crippen LogP contribution is -2.52. The fourth-order valence-corrected chi connectivity index (χ4v) is 4.38. The number of carbonyl (C=O) groups excluding carboxylic acids is 2. The van der Waals surface area contributed by atoms with Crippen molar-refractivity contribution in [2.75, 3.05) is 21.7 Å². The molecule has 2 aromatic heterocycles. The number of nitrogens with zero attached hydrogens (tertiary/aromatic N) is 5. The predicted octanol–water partition coefficient (Wildman–Crippen LogP) is 2.68. The van der Waals surface area contributed by atoms with E-state index in [0.29, 0.717) is 18.3 Å². The number of hydrogen-bond donors (Lipinski definition) is 0. The molecule has 144 valence electrons. The zero-order chi connectivity index (χ0) is 19.4. The highest BCUT2D eigenvalue weighted by atomic mass is 16.2. The summed E-state index contributed by atoms with van der Waals surface area (Å²) in [6, 6.07) is 9.56. The molecule has 2 amide bonds. The molecule has 1 saturated carbocycles. The van der Waals surface area contributed by atoms with Crippen molar-refractivity contribution < 1.29 is 9.59 Å². The molecule has 0 bridgehead atoms. The smallest absolute Gasteiger partial charge is 0.249 e. The van der Waals surface area contributed by atoms with Gasteiger partial charge in [0.1, 0.15) is 11.9 Å². The summed E-state index contributed by atoms with van der Waals surface area (Å²) in [6.45, 7) is 1.94. The van der Waals surface area contributed by atoms with Crippen molar-refractivity contribution >= 4 is 29.1 Å². The Morgan fingerprint density at radius 2 is 1.89 bits per heavy atom. The Morgan fingerprint density at radius 3 is 2.61 bits per heavy atom. The number of fused-ring (bicyclic) bond motifs is 1. The molecule has 1 saturated heterocycles. The Kier molecular flexibility index (Phi) is 3.86. The van der Waals surface area contributed by atoms with Gasteiger partial charge in [-0.15, -0.1) is 0 Å². The highest BCUT2D eigenvalue weighted by molar-refractivity contribution is 6.05. The molecule has 2 fully saturated rings. The van der Waals surface area contributed by atoms with Crippen molar-refractivity contribution in [3.8, 4) is 0 Å². The zero-order valence-corrected chi connectivity index (χ0v) is 16.1. The molecule has 0 aromatic carbocycles. The third-order valence-electron chi connectivity index (χ3n) is 5.98. The third-order valence-corrected chi connectivity index (χ3v) is 5.98. The fraction of sp³-hybridized carbons (Fsp3) is 0.429. The Balaban J connectivity index is 1.58. The Morgan fingerprint density at radius 1 is 1.07 bits per heavy atom. The molecule has 4 heterocycles. The number of likely N-dealkylation sites (N-methyl/N-ethyl adjacent to an activating group) is 1. The van der Waals surface area contributed by atoms with Crippen LogP contribution in [0.15, 0.2) is 36.5 Å². The minimum atomic E-state index is -0.242. The first-order valence-electron chi connectivity index (χ1n) is 9.86. The number of amides is 2. The predicted molar refractivity (Wildman–Crippen MR) is 106 cm³/mol. The van der Waals surface area contributed by atoms with Gasteiger partial charge in [0.25, 0.3) is 0 Å². The van der Waals surface area contributed by atoms with E-state index in [1.165, 1.54) is 0 Å². The Bertz CT molecular complexity index is 943. The Hall–Kier alpha value is -2.96. The first-order valence-corrected chi connectivity index (χ1v) is 9.86. The molecule has 1 aliphatic carbocycles. The van der Waals surface area contributed by atoms with Crippen molar-refractivity contribution in [3.63, 3.8) is 0 Å². The van der Waals surface area contributed by atoms with Crippen LogP contribution in [0, 0.1) is 0 Å². The van der Waals surface area contributed by atoms with E-state index in [4.69, 9.17) is 4.98 Å². The largest absolute Gasteiger partial charge is 0.340 e. The van der Waals surface area contributed by atoms with E-state index in [0.717, 1.165) is 36.5 Å². The number of rotatable bonds is 3. The van der Waals surface area contributed by atoms with Gasteiger partial charge in [-0.2, -0.15) is 0 Å². The van der Waals surface area contributed by atoms with E-state index in [-0.39, 0.29) is 23.9 Å². The van der Waals surface area contributed by atoms with Gasteiger partial charge in [-0.1, -0.05) is 6.07 Å². The van der Waals surface area contributed by atoms with Gasteiger partial charge in [0, 0.05) is 25.7 Å². The topological polar surface area (TPSA) is 69.6 Å². The van der Waals surface area contributed by atoms with Gasteiger partial charge in [-0.25, -0.2) is 4.98 Å². The van der Waals surface area contributed by atoms with Crippen LogP contribution in [0.5, 0.6) is 0 Å². The van der Waals surface area contributed by atoms with Crippen LogP contribution in [0.25, 0.3) is 0 Å². The molecular formula is C21H23N5O2. The number of anilines is 3. The summed E-state index contributed by atoms with van der Waals surface area (Å²) >= 11 is 0. The zero-order valence-electron chi connectivity index (χ0n) is 16.1. The summed E-state index contributed by atoms with van der Waals surface area (Å²) < 4.78 is 0. The molecule has 3 aliphatic rings. The minimum absolute atomic E-state index is 0.0642. The average molecular weight is 377 g/mol. The van der Waals surface area contributed by atoms with Crippen molar-refractivity contribution in [1.82, 2.24) is 9.97 Å². The van der Waals surface area contributed by atoms with Crippen LogP contribution < -0.4 is 14.7 Å². The monoisotopic (exact) mass is 377 g/mol. The van der Waals surface area contributed by atoms with E-state index < -0.39 is 0 Å². The van der Waals surface area contributed by atoms with Gasteiger partial charge >= 0.3 is 0 Å². The summed E-state index contributed by atoms with van der Waals surface area (Å²) in [5.41, 5.74) is 1.69. The van der Waals surface area contributed by atoms with Crippen molar-refractivity contribution in [2.45, 2.75) is 50.7 Å². The normalized spacial score (nSPS) is 24.7. The lowest BCUT2D eigenvalue weighted by atomic mass is 10.1. The first-order chi connectivity index (χ1) is 13.6. The average Bonchev–Trinajstić information content (AvgIpc) is 3.47. The van der Waals surface area contributed by atoms with Gasteiger partial charge in [0.15, 0.2) is 5.82 Å². The van der Waals surface area contributed by atoms with Gasteiger partial charge in [-0.3, -0.25) is 19.5 Å². The fourth-order valence-electron chi connectivity index (χ4n) is 4.38. The quantitative estimate of drug-likeness (QED) is 0.823. The van der Waals surface area contributed by atoms with E-state index in [2.05, 4.69) is 9.88 Å². The number of carbonyl (C=O) groups is 2. The number of hydrogen-bond acceptors (Lipinski definition) is 5. The van der Waals surface area contributed by atoms with Crippen LogP contribution in [0.2, 0.25) is 0 Å². The maximum absolute atomic E-state index is 12.7. The molecule has 0 N–H and O–H groups in total. The molecule has 7 nitrogen and oxygen atoms in total. The highest BCUT2D eigenvalue weighted by Gasteiger charge is 2.43. The van der Waals surface area contributed by atoms with Gasteiger partial charge in [0.2, 0.25) is 11.8 Å². The van der Waals surface area contributed by atoms with Crippen LogP contribution in [0.1, 0.15) is 44.3 Å². The molecule has 2 aromatic rings. The lowest BCUT2D eigenvalue weighted by Gasteiger charge is -2.40. The van der Waals surface area contributed by atoms with Gasteiger partial charge in [-0.05, 0) is 50.5 Å². The number of aromatic nitrogens is 2. The Labute approximate surface area is 164 Å². The van der Waals surface area contributed by atoms with Crippen LogP contribution in [0.3, 0.4) is 0 Å². The molecule has 0 spiro atoms. The second-order valence-electron chi connectivity index (χ2n) is 7.80. The highest BCUT2D eigenvalue weighted by Crippen LogP contribution is 2.43. The minimum Gasteiger partial charge on any atom is -0.340 e. The number of pyridine rings is 2. The van der Waals surface area contributed by atoms with E-state index >= 15 is 0 Å². The summed E-state index contributed by atoms with van der Waals surface area (Å²) in [4.78, 5) is 40.3. The van der Waals surface area contributed by atoms with E-state index in [9.17, 15) is 9.59 Å². The summed E-state index contributed by atoms with van der Waals surface area (Å²) in [6.07, 6.45) is 5.13. The first kappa shape index (κ1) is 17.2. The second-order valence-corrected chi connectivity index (χ2v) is 7.80. The maximum atomic E-state index is 12.7. The molecule has 7 heteroatoms. The van der Waals surface area contributed by atoms with Gasteiger partial charge < -0.3 is 9.80 Å². The van der Waals surface area contributed by atoms with Crippen LogP contribution in [0.4, 0.5) is 17.3 Å². The maximum Gasteiger partial charge on any atom is 0.249 e. The second kappa shape index (κ2) is 6.29. The van der Waals surface area contributed by atoms with Gasteiger partial charge in [0.05, 0.1) is 17.4 Å². The third kappa shape index (κ3) is 2.57. The molecular weight excluding hydrogens is 354 g/mol.